The summed E-state index contributed by atoms with van der Waals surface area (Å²) in [6.07, 6.45) is 7.44. The molecular weight excluding hydrogens is 679 g/mol. The highest BCUT2D eigenvalue weighted by atomic mass is 31.2. The van der Waals surface area contributed by atoms with Crippen molar-refractivity contribution in [2.75, 3.05) is 75.2 Å². The first-order valence-corrected chi connectivity index (χ1v) is 20.6. The first-order chi connectivity index (χ1) is 24.8. The maximum Gasteiger partial charge on any atom is 0.410 e. The highest BCUT2D eigenvalue weighted by Gasteiger charge is 2.31. The van der Waals surface area contributed by atoms with Crippen molar-refractivity contribution >= 4 is 47.4 Å². The number of methoxy groups -OCH3 is 1. The van der Waals surface area contributed by atoms with Crippen LogP contribution in [0.2, 0.25) is 0 Å². The Bertz CT molecular complexity index is 1890. The molecule has 0 unspecified atom stereocenters. The van der Waals surface area contributed by atoms with E-state index in [1.54, 1.807) is 32.8 Å². The molecule has 2 aromatic carbocycles. The van der Waals surface area contributed by atoms with Crippen molar-refractivity contribution in [1.29, 1.82) is 0 Å². The summed E-state index contributed by atoms with van der Waals surface area (Å²) in [7, 11) is -0.924. The maximum atomic E-state index is 13.1. The number of hydrogen-bond acceptors (Lipinski definition) is 12. The second-order valence-electron chi connectivity index (χ2n) is 14.7. The van der Waals surface area contributed by atoms with Crippen LogP contribution in [0.5, 0.6) is 5.75 Å². The van der Waals surface area contributed by atoms with Crippen LogP contribution in [-0.2, 0) is 15.7 Å². The molecule has 13 nitrogen and oxygen atoms in total. The van der Waals surface area contributed by atoms with Gasteiger partial charge in [-0.15, -0.1) is 0 Å². The zero-order valence-corrected chi connectivity index (χ0v) is 32.2. The summed E-state index contributed by atoms with van der Waals surface area (Å²) in [5.41, 5.74) is 3.88. The molecule has 6 rings (SSSR count). The van der Waals surface area contributed by atoms with Crippen LogP contribution in [0.3, 0.4) is 0 Å². The molecular formula is C38H51N8O5P. The summed E-state index contributed by atoms with van der Waals surface area (Å²) in [6.45, 7) is 16.3. The monoisotopic (exact) mass is 730 g/mol. The fourth-order valence-corrected chi connectivity index (χ4v) is 8.03. The van der Waals surface area contributed by atoms with Gasteiger partial charge < -0.3 is 38.9 Å². The van der Waals surface area contributed by atoms with Crippen LogP contribution < -0.4 is 25.6 Å². The Labute approximate surface area is 306 Å². The number of benzene rings is 2. The number of hydrogen-bond donors (Lipinski definition) is 2. The van der Waals surface area contributed by atoms with Gasteiger partial charge in [0.25, 0.3) is 0 Å². The highest BCUT2D eigenvalue weighted by molar-refractivity contribution is 7.70. The quantitative estimate of drug-likeness (QED) is 0.163. The molecule has 2 N–H and O–H groups in total. The van der Waals surface area contributed by atoms with Crippen LogP contribution in [-0.4, -0.2) is 102 Å². The number of piperazine rings is 1. The number of rotatable bonds is 10. The van der Waals surface area contributed by atoms with Gasteiger partial charge in [-0.05, 0) is 77.1 Å². The van der Waals surface area contributed by atoms with Crippen molar-refractivity contribution in [3.8, 4) is 17.2 Å². The van der Waals surface area contributed by atoms with E-state index < -0.39 is 12.7 Å². The third kappa shape index (κ3) is 8.70. The second-order valence-corrected chi connectivity index (χ2v) is 17.9. The summed E-state index contributed by atoms with van der Waals surface area (Å²) < 4.78 is 30.2. The molecule has 2 fully saturated rings. The van der Waals surface area contributed by atoms with E-state index in [2.05, 4.69) is 49.5 Å². The molecule has 52 heavy (non-hydrogen) atoms. The van der Waals surface area contributed by atoms with E-state index in [1.165, 1.54) is 17.5 Å². The topological polar surface area (TPSA) is 138 Å². The van der Waals surface area contributed by atoms with Crippen LogP contribution in [0, 0.1) is 0 Å². The predicted octanol–water partition coefficient (Wildman–Crippen LogP) is 6.96. The molecule has 2 aromatic heterocycles. The molecule has 2 saturated heterocycles. The Morgan fingerprint density at radius 1 is 1.00 bits per heavy atom. The third-order valence-electron chi connectivity index (χ3n) is 9.50. The fourth-order valence-electron chi connectivity index (χ4n) is 6.87. The number of aromatic nitrogens is 3. The third-order valence-corrected chi connectivity index (χ3v) is 11.1. The highest BCUT2D eigenvalue weighted by Crippen LogP contribution is 2.40. The molecule has 1 amide bonds. The van der Waals surface area contributed by atoms with E-state index in [9.17, 15) is 9.36 Å². The molecule has 0 bridgehead atoms. The predicted molar refractivity (Wildman–Crippen MR) is 207 cm³/mol. The number of nitrogens with zero attached hydrogens (tertiary/aromatic N) is 6. The molecule has 0 spiro atoms. The number of carbonyl (C=O) groups is 1. The van der Waals surface area contributed by atoms with Crippen LogP contribution >= 0.6 is 7.14 Å². The summed E-state index contributed by atoms with van der Waals surface area (Å²) in [5.74, 6) is 1.86. The van der Waals surface area contributed by atoms with E-state index in [0.29, 0.717) is 53.8 Å². The van der Waals surface area contributed by atoms with Gasteiger partial charge in [-0.3, -0.25) is 4.90 Å². The van der Waals surface area contributed by atoms with Crippen molar-refractivity contribution < 1.29 is 23.3 Å². The minimum absolute atomic E-state index is 0.223. The van der Waals surface area contributed by atoms with Gasteiger partial charge in [0.1, 0.15) is 30.6 Å². The summed E-state index contributed by atoms with van der Waals surface area (Å²) >= 11 is 0. The number of anilines is 5. The first kappa shape index (κ1) is 37.2. The number of oxazole rings is 1. The van der Waals surface area contributed by atoms with Gasteiger partial charge >= 0.3 is 6.09 Å². The Morgan fingerprint density at radius 2 is 1.73 bits per heavy atom. The van der Waals surface area contributed by atoms with Crippen molar-refractivity contribution in [1.82, 2.24) is 24.8 Å². The van der Waals surface area contributed by atoms with Gasteiger partial charge in [-0.1, -0.05) is 19.1 Å². The number of aryl methyl sites for hydroxylation is 1. The van der Waals surface area contributed by atoms with Crippen molar-refractivity contribution in [3.63, 3.8) is 0 Å². The standard InChI is InChI=1S/C38H51N8O5P/c1-8-26-23-30(42-36-40-25-28(35-39-15-22-50-35)34(43-36)41-29-11-9-10-12-33(29)52(6,7)48)32(49-5)24-31(26)45-16-13-27(14-17-45)44-18-20-46(21-19-44)37(47)51-38(2,3)4/h9-12,15,22-25,27H,8,13-14,16-21H2,1-7H3,(H2,40,41,42,43). The van der Waals surface area contributed by atoms with Crippen LogP contribution in [0.25, 0.3) is 11.5 Å². The molecule has 0 atom stereocenters. The van der Waals surface area contributed by atoms with Crippen LogP contribution in [0.4, 0.5) is 33.6 Å². The number of piperidine rings is 1. The number of nitrogens with one attached hydrogen (secondary N) is 2. The fraction of sp³-hybridized carbons (Fsp3) is 0.474. The van der Waals surface area contributed by atoms with Crippen molar-refractivity contribution in [2.45, 2.75) is 58.6 Å². The van der Waals surface area contributed by atoms with Crippen LogP contribution in [0.15, 0.2) is 59.5 Å². The van der Waals surface area contributed by atoms with Gasteiger partial charge in [0, 0.05) is 68.6 Å². The van der Waals surface area contributed by atoms with Gasteiger partial charge in [-0.2, -0.15) is 4.98 Å². The van der Waals surface area contributed by atoms with E-state index in [1.807, 2.05) is 49.9 Å². The van der Waals surface area contributed by atoms with Crippen molar-refractivity contribution in [2.24, 2.45) is 0 Å². The second kappa shape index (κ2) is 15.6. The Hall–Kier alpha value is -4.61. The molecule has 0 saturated carbocycles. The lowest BCUT2D eigenvalue weighted by Gasteiger charge is -2.43. The largest absolute Gasteiger partial charge is 0.494 e. The lowest BCUT2D eigenvalue weighted by molar-refractivity contribution is 0.00901. The Morgan fingerprint density at radius 3 is 2.37 bits per heavy atom. The number of ether oxygens (including phenoxy) is 2. The molecule has 4 heterocycles. The number of amides is 1. The number of carbonyl (C=O) groups excluding carboxylic acids is 1. The first-order valence-electron chi connectivity index (χ1n) is 18.0. The zero-order valence-electron chi connectivity index (χ0n) is 31.3. The smallest absolute Gasteiger partial charge is 0.410 e. The Kier molecular flexibility index (Phi) is 11.1. The van der Waals surface area contributed by atoms with E-state index >= 15 is 0 Å². The lowest BCUT2D eigenvalue weighted by atomic mass is 9.99. The maximum absolute atomic E-state index is 13.1. The van der Waals surface area contributed by atoms with Crippen molar-refractivity contribution in [3.05, 3.63) is 60.6 Å². The Balaban J connectivity index is 1.17. The normalized spacial score (nSPS) is 16.1. The minimum Gasteiger partial charge on any atom is -0.494 e. The minimum atomic E-state index is -2.59. The molecule has 4 aromatic rings. The zero-order chi connectivity index (χ0) is 37.0. The molecule has 0 aliphatic carbocycles. The van der Waals surface area contributed by atoms with Crippen LogP contribution in [0.1, 0.15) is 46.1 Å². The molecule has 2 aliphatic heterocycles. The average molecular weight is 731 g/mol. The lowest BCUT2D eigenvalue weighted by Crippen LogP contribution is -2.55. The van der Waals surface area contributed by atoms with E-state index in [-0.39, 0.29) is 6.09 Å². The van der Waals surface area contributed by atoms with Gasteiger partial charge in [-0.25, -0.2) is 14.8 Å². The van der Waals surface area contributed by atoms with E-state index in [0.717, 1.165) is 56.4 Å². The van der Waals surface area contributed by atoms with E-state index in [4.69, 9.17) is 18.9 Å². The summed E-state index contributed by atoms with van der Waals surface area (Å²) in [4.78, 5) is 33.2. The molecule has 0 radical (unpaired) electrons. The molecule has 14 heteroatoms. The summed E-state index contributed by atoms with van der Waals surface area (Å²) in [5, 5.41) is 7.49. The number of para-hydroxylation sites is 1. The summed E-state index contributed by atoms with van der Waals surface area (Å²) in [6, 6.07) is 12.2. The van der Waals surface area contributed by atoms with Gasteiger partial charge in [0.2, 0.25) is 11.8 Å². The van der Waals surface area contributed by atoms with Gasteiger partial charge in [0.05, 0.1) is 30.2 Å². The van der Waals surface area contributed by atoms with Gasteiger partial charge in [0.15, 0.2) is 0 Å². The average Bonchev–Trinajstić information content (AvgIpc) is 3.66. The molecule has 2 aliphatic rings. The molecule has 278 valence electrons. The SMILES string of the molecule is CCc1cc(Nc2ncc(-c3ncco3)c(Nc3ccccc3P(C)(C)=O)n2)c(OC)cc1N1CCC(N2CCN(C(=O)OC(C)(C)C)CC2)CC1.